The topological polar surface area (TPSA) is 53.1 Å². The van der Waals surface area contributed by atoms with Crippen LogP contribution >= 0.6 is 0 Å². The van der Waals surface area contributed by atoms with E-state index in [-0.39, 0.29) is 0 Å². The van der Waals surface area contributed by atoms with E-state index in [1.807, 2.05) is 31.8 Å². The number of aromatic nitrogens is 2. The summed E-state index contributed by atoms with van der Waals surface area (Å²) in [5, 5.41) is 6.66. The van der Waals surface area contributed by atoms with E-state index in [1.54, 1.807) is 0 Å². The molecule has 2 aromatic heterocycles. The highest BCUT2D eigenvalue weighted by Crippen LogP contribution is 2.32. The van der Waals surface area contributed by atoms with Gasteiger partial charge < -0.3 is 10.6 Å². The number of hydrogen-bond acceptors (Lipinski definition) is 5. The van der Waals surface area contributed by atoms with Gasteiger partial charge in [-0.15, -0.1) is 0 Å². The van der Waals surface area contributed by atoms with Crippen LogP contribution in [0.4, 0.5) is 11.4 Å². The van der Waals surface area contributed by atoms with Gasteiger partial charge in [0.1, 0.15) is 0 Å². The maximum Gasteiger partial charge on any atom is 0.0573 e. The summed E-state index contributed by atoms with van der Waals surface area (Å²) in [6.45, 7) is 14.0. The molecule has 1 aliphatic rings. The third-order valence-corrected chi connectivity index (χ3v) is 6.21. The molecule has 2 N–H and O–H groups in total. The van der Waals surface area contributed by atoms with Crippen molar-refractivity contribution in [2.24, 2.45) is 0 Å². The fourth-order valence-electron chi connectivity index (χ4n) is 4.28. The zero-order chi connectivity index (χ0) is 23.2. The smallest absolute Gasteiger partial charge is 0.0573 e. The van der Waals surface area contributed by atoms with Crippen LogP contribution in [0.3, 0.4) is 0 Å². The van der Waals surface area contributed by atoms with Crippen LogP contribution in [0.2, 0.25) is 0 Å². The number of aryl methyl sites for hydroxylation is 1. The van der Waals surface area contributed by atoms with Crippen LogP contribution in [0, 0.1) is 0 Å². The Morgan fingerprint density at radius 1 is 0.939 bits per heavy atom. The number of allylic oxidation sites excluding steroid dienone is 1. The lowest BCUT2D eigenvalue weighted by Gasteiger charge is -2.18. The summed E-state index contributed by atoms with van der Waals surface area (Å²) < 4.78 is 0. The molecule has 0 amide bonds. The van der Waals surface area contributed by atoms with Crippen molar-refractivity contribution in [2.45, 2.75) is 32.7 Å². The van der Waals surface area contributed by atoms with Crippen molar-refractivity contribution in [1.29, 1.82) is 0 Å². The molecular formula is C28H33N5. The fraction of sp³-hybridized carbons (Fsp3) is 0.286. The summed E-state index contributed by atoms with van der Waals surface area (Å²) in [4.78, 5) is 11.3. The molecule has 0 radical (unpaired) electrons. The Hall–Kier alpha value is -3.44. The van der Waals surface area contributed by atoms with Crippen LogP contribution in [-0.2, 0) is 13.0 Å². The number of nitrogens with zero attached hydrogens (tertiary/aromatic N) is 3. The molecule has 0 bridgehead atoms. The van der Waals surface area contributed by atoms with Crippen molar-refractivity contribution in [1.82, 2.24) is 14.9 Å². The Morgan fingerprint density at radius 3 is 2.45 bits per heavy atom. The number of likely N-dealkylation sites (tertiary alicyclic amines) is 1. The highest BCUT2D eigenvalue weighted by molar-refractivity contribution is 5.88. The van der Waals surface area contributed by atoms with E-state index in [4.69, 9.17) is 0 Å². The minimum Gasteiger partial charge on any atom is -0.388 e. The number of anilines is 2. The van der Waals surface area contributed by atoms with Crippen LogP contribution in [-0.4, -0.2) is 35.0 Å². The molecule has 1 aliphatic heterocycles. The number of hydrogen-bond donors (Lipinski definition) is 2. The predicted molar refractivity (Wildman–Crippen MR) is 139 cm³/mol. The number of rotatable bonds is 9. The van der Waals surface area contributed by atoms with Crippen LogP contribution in [0.15, 0.2) is 74.0 Å². The van der Waals surface area contributed by atoms with Crippen LogP contribution in [0.25, 0.3) is 16.7 Å². The average molecular weight is 440 g/mol. The lowest BCUT2D eigenvalue weighted by molar-refractivity contribution is 0.331. The van der Waals surface area contributed by atoms with E-state index in [2.05, 4.69) is 75.9 Å². The molecule has 0 saturated carbocycles. The van der Waals surface area contributed by atoms with Gasteiger partial charge in [-0.2, -0.15) is 0 Å². The molecule has 1 saturated heterocycles. The number of nitrogens with one attached hydrogen (secondary N) is 2. The van der Waals surface area contributed by atoms with E-state index in [9.17, 15) is 0 Å². The molecule has 5 heteroatoms. The van der Waals surface area contributed by atoms with Gasteiger partial charge in [0.15, 0.2) is 0 Å². The zero-order valence-electron chi connectivity index (χ0n) is 19.7. The fourth-order valence-corrected chi connectivity index (χ4v) is 4.28. The van der Waals surface area contributed by atoms with Gasteiger partial charge in [0.25, 0.3) is 0 Å². The van der Waals surface area contributed by atoms with Crippen molar-refractivity contribution in [3.8, 4) is 11.1 Å². The minimum atomic E-state index is 0.750. The Balaban J connectivity index is 1.57. The Kier molecular flexibility index (Phi) is 7.20. The third-order valence-electron chi connectivity index (χ3n) is 6.21. The van der Waals surface area contributed by atoms with Gasteiger partial charge in [0, 0.05) is 54.7 Å². The lowest BCUT2D eigenvalue weighted by Crippen LogP contribution is -2.18. The Morgan fingerprint density at radius 2 is 1.70 bits per heavy atom. The second-order valence-electron chi connectivity index (χ2n) is 8.59. The molecule has 1 fully saturated rings. The van der Waals surface area contributed by atoms with E-state index >= 15 is 0 Å². The normalized spacial score (nSPS) is 13.6. The molecule has 3 aromatic rings. The zero-order valence-corrected chi connectivity index (χ0v) is 19.7. The molecule has 0 spiro atoms. The molecule has 33 heavy (non-hydrogen) atoms. The molecule has 0 unspecified atom stereocenters. The van der Waals surface area contributed by atoms with Crippen molar-refractivity contribution in [3.05, 3.63) is 90.7 Å². The highest BCUT2D eigenvalue weighted by Gasteiger charge is 2.14. The van der Waals surface area contributed by atoms with Crippen molar-refractivity contribution in [2.75, 3.05) is 30.8 Å². The van der Waals surface area contributed by atoms with E-state index in [1.165, 1.54) is 37.1 Å². The standard InChI is InChI=1S/C28H33N5/c1-5-22-13-26(18-31-15-22)32-21(3)20(2)27-14-24(8-9-28(27)29-4)25-12-23(16-30-17-25)19-33-10-6-7-11-33/h8-9,12-18,29,32H,2-3,5-7,10-11,19H2,1,4H3. The SMILES string of the molecule is C=C(Nc1cncc(CC)c1)C(=C)c1cc(-c2cncc(CN3CCCC3)c2)ccc1NC. The second kappa shape index (κ2) is 10.5. The highest BCUT2D eigenvalue weighted by atomic mass is 15.1. The van der Waals surface area contributed by atoms with E-state index < -0.39 is 0 Å². The van der Waals surface area contributed by atoms with Crippen LogP contribution in [0.1, 0.15) is 36.5 Å². The third kappa shape index (κ3) is 5.49. The van der Waals surface area contributed by atoms with Gasteiger partial charge in [-0.3, -0.25) is 14.9 Å². The van der Waals surface area contributed by atoms with Gasteiger partial charge in [-0.1, -0.05) is 26.1 Å². The molecule has 5 nitrogen and oxygen atoms in total. The number of benzene rings is 1. The van der Waals surface area contributed by atoms with Gasteiger partial charge >= 0.3 is 0 Å². The molecule has 0 aliphatic carbocycles. The van der Waals surface area contributed by atoms with Crippen molar-refractivity contribution >= 4 is 16.9 Å². The summed E-state index contributed by atoms with van der Waals surface area (Å²) >= 11 is 0. The largest absolute Gasteiger partial charge is 0.388 e. The van der Waals surface area contributed by atoms with Gasteiger partial charge in [-0.05, 0) is 78.9 Å². The average Bonchev–Trinajstić information content (AvgIpc) is 3.36. The summed E-state index contributed by atoms with van der Waals surface area (Å²) in [7, 11) is 1.93. The molecule has 170 valence electrons. The summed E-state index contributed by atoms with van der Waals surface area (Å²) in [6.07, 6.45) is 11.1. The van der Waals surface area contributed by atoms with Gasteiger partial charge in [0.05, 0.1) is 11.9 Å². The molecule has 4 rings (SSSR count). The lowest BCUT2D eigenvalue weighted by atomic mass is 9.96. The Labute approximate surface area is 197 Å². The van der Waals surface area contributed by atoms with Crippen LogP contribution < -0.4 is 10.6 Å². The summed E-state index contributed by atoms with van der Waals surface area (Å²) in [5.41, 5.74) is 9.18. The monoisotopic (exact) mass is 439 g/mol. The number of pyridine rings is 2. The van der Waals surface area contributed by atoms with Crippen molar-refractivity contribution in [3.63, 3.8) is 0 Å². The molecule has 0 atom stereocenters. The first-order valence-electron chi connectivity index (χ1n) is 11.7. The molecule has 3 heterocycles. The quantitative estimate of drug-likeness (QED) is 0.402. The maximum absolute atomic E-state index is 4.53. The van der Waals surface area contributed by atoms with E-state index in [0.717, 1.165) is 52.3 Å². The Bertz CT molecular complexity index is 1140. The van der Waals surface area contributed by atoms with Crippen LogP contribution in [0.5, 0.6) is 0 Å². The minimum absolute atomic E-state index is 0.750. The maximum atomic E-state index is 4.53. The first-order valence-corrected chi connectivity index (χ1v) is 11.7. The van der Waals surface area contributed by atoms with E-state index in [0.29, 0.717) is 0 Å². The van der Waals surface area contributed by atoms with Gasteiger partial charge in [0.2, 0.25) is 0 Å². The summed E-state index contributed by atoms with van der Waals surface area (Å²) in [6, 6.07) is 10.7. The first kappa shape index (κ1) is 22.7. The molecule has 1 aromatic carbocycles. The first-order chi connectivity index (χ1) is 16.1. The summed E-state index contributed by atoms with van der Waals surface area (Å²) in [5.74, 6) is 0. The van der Waals surface area contributed by atoms with Crippen molar-refractivity contribution < 1.29 is 0 Å². The predicted octanol–water partition coefficient (Wildman–Crippen LogP) is 5.98. The van der Waals surface area contributed by atoms with Gasteiger partial charge in [-0.25, -0.2) is 0 Å². The molecular weight excluding hydrogens is 406 g/mol. The second-order valence-corrected chi connectivity index (χ2v) is 8.59.